The van der Waals surface area contributed by atoms with Crippen LogP contribution in [0.2, 0.25) is 0 Å². The Hall–Kier alpha value is -3.22. The van der Waals surface area contributed by atoms with Gasteiger partial charge in [-0.25, -0.2) is 0 Å². The van der Waals surface area contributed by atoms with Gasteiger partial charge in [0, 0.05) is 6.07 Å². The summed E-state index contributed by atoms with van der Waals surface area (Å²) >= 11 is 0. The highest BCUT2D eigenvalue weighted by atomic mass is 16.5. The lowest BCUT2D eigenvalue weighted by molar-refractivity contribution is -0.566. The lowest BCUT2D eigenvalue weighted by Gasteiger charge is -2.12. The number of hydrogen-bond acceptors (Lipinski definition) is 5. The maximum absolute atomic E-state index is 12.7. The number of hydrogen-bond donors (Lipinski definition) is 1. The second-order valence-corrected chi connectivity index (χ2v) is 4.81. The van der Waals surface area contributed by atoms with E-state index in [2.05, 4.69) is 0 Å². The maximum atomic E-state index is 12.7. The number of ether oxygens (including phenoxy) is 2. The molecule has 118 valence electrons. The van der Waals surface area contributed by atoms with Gasteiger partial charge in [-0.3, -0.25) is 4.79 Å². The van der Waals surface area contributed by atoms with E-state index in [4.69, 9.17) is 9.47 Å². The Kier molecular flexibility index (Phi) is 3.53. The van der Waals surface area contributed by atoms with E-state index < -0.39 is 5.56 Å². The minimum absolute atomic E-state index is 0.123. The molecule has 0 aliphatic heterocycles. The summed E-state index contributed by atoms with van der Waals surface area (Å²) in [6.07, 6.45) is 0. The molecule has 0 fully saturated rings. The molecule has 7 heteroatoms. The van der Waals surface area contributed by atoms with Gasteiger partial charge >= 0.3 is 5.56 Å². The molecule has 0 saturated heterocycles. The van der Waals surface area contributed by atoms with Crippen LogP contribution in [0.15, 0.2) is 47.3 Å². The van der Waals surface area contributed by atoms with E-state index in [1.807, 2.05) is 0 Å². The minimum Gasteiger partial charge on any atom is -0.618 e. The lowest BCUT2D eigenvalue weighted by Crippen LogP contribution is -2.40. The second-order valence-electron chi connectivity index (χ2n) is 4.81. The molecule has 0 unspecified atom stereocenters. The monoisotopic (exact) mass is 314 g/mol. The van der Waals surface area contributed by atoms with Crippen LogP contribution in [0.25, 0.3) is 22.3 Å². The van der Waals surface area contributed by atoms with Gasteiger partial charge in [-0.2, -0.15) is 4.73 Å². The van der Waals surface area contributed by atoms with E-state index in [-0.39, 0.29) is 22.3 Å². The molecule has 2 aromatic carbocycles. The molecule has 0 aliphatic rings. The summed E-state index contributed by atoms with van der Waals surface area (Å²) in [6, 6.07) is 11.0. The molecule has 7 nitrogen and oxygen atoms in total. The number of rotatable bonds is 3. The van der Waals surface area contributed by atoms with Crippen LogP contribution in [0.5, 0.6) is 11.5 Å². The van der Waals surface area contributed by atoms with Gasteiger partial charge in [0.2, 0.25) is 5.52 Å². The van der Waals surface area contributed by atoms with Crippen molar-refractivity contribution in [3.8, 4) is 22.8 Å². The van der Waals surface area contributed by atoms with Crippen molar-refractivity contribution in [1.29, 1.82) is 0 Å². The third-order valence-corrected chi connectivity index (χ3v) is 3.59. The third-order valence-electron chi connectivity index (χ3n) is 3.59. The molecule has 0 bridgehead atoms. The predicted molar refractivity (Wildman–Crippen MR) is 82.9 cm³/mol. The van der Waals surface area contributed by atoms with E-state index in [0.29, 0.717) is 21.0 Å². The second kappa shape index (κ2) is 5.53. The van der Waals surface area contributed by atoms with Gasteiger partial charge in [-0.1, -0.05) is 12.1 Å². The topological polar surface area (TPSA) is 87.6 Å². The molecular weight excluding hydrogens is 300 g/mol. The number of aromatic nitrogens is 2. The fraction of sp³-hybridized carbons (Fsp3) is 0.125. The first-order valence-electron chi connectivity index (χ1n) is 6.77. The highest BCUT2D eigenvalue weighted by Gasteiger charge is 2.25. The Bertz CT molecular complexity index is 949. The summed E-state index contributed by atoms with van der Waals surface area (Å²) in [6.45, 7) is 0. The first-order valence-corrected chi connectivity index (χ1v) is 6.77. The van der Waals surface area contributed by atoms with E-state index in [0.717, 1.165) is 0 Å². The van der Waals surface area contributed by atoms with Crippen LogP contribution < -0.4 is 19.8 Å². The molecule has 1 aromatic heterocycles. The number of nitrogens with zero attached hydrogens (tertiary/aromatic N) is 2. The van der Waals surface area contributed by atoms with Crippen LogP contribution in [-0.4, -0.2) is 24.2 Å². The molecule has 1 N–H and O–H groups in total. The van der Waals surface area contributed by atoms with Crippen molar-refractivity contribution in [1.82, 2.24) is 4.73 Å². The van der Waals surface area contributed by atoms with Crippen LogP contribution in [0.3, 0.4) is 0 Å². The number of benzene rings is 2. The van der Waals surface area contributed by atoms with Gasteiger partial charge in [0.05, 0.1) is 19.8 Å². The van der Waals surface area contributed by atoms with Crippen LogP contribution in [0.4, 0.5) is 0 Å². The van der Waals surface area contributed by atoms with Crippen molar-refractivity contribution >= 4 is 11.0 Å². The standard InChI is InChI=1S/C16H14N2O5/c1-22-10-7-8-14(23-2)11(9-10)15-16(19)18(21)13-6-4-3-5-12(13)17(15)20/h3-9,21H,1-2H3. The minimum atomic E-state index is -0.842. The quantitative estimate of drug-likeness (QED) is 0.450. The number of fused-ring (bicyclic) bond motifs is 1. The van der Waals surface area contributed by atoms with Gasteiger partial charge in [-0.05, 0) is 24.3 Å². The van der Waals surface area contributed by atoms with Gasteiger partial charge < -0.3 is 19.9 Å². The van der Waals surface area contributed by atoms with Crippen LogP contribution >= 0.6 is 0 Å². The highest BCUT2D eigenvalue weighted by molar-refractivity contribution is 5.74. The summed E-state index contributed by atoms with van der Waals surface area (Å²) in [4.78, 5) is 12.5. The van der Waals surface area contributed by atoms with Crippen molar-refractivity contribution in [3.05, 3.63) is 58.0 Å². The summed E-state index contributed by atoms with van der Waals surface area (Å²) in [7, 11) is 2.90. The van der Waals surface area contributed by atoms with Gasteiger partial charge in [0.25, 0.3) is 5.69 Å². The molecule has 0 radical (unpaired) electrons. The molecule has 0 aliphatic carbocycles. The predicted octanol–water partition coefficient (Wildman–Crippen LogP) is 1.56. The van der Waals surface area contributed by atoms with Gasteiger partial charge in [0.1, 0.15) is 11.5 Å². The van der Waals surface area contributed by atoms with E-state index >= 15 is 0 Å². The third kappa shape index (κ3) is 2.22. The van der Waals surface area contributed by atoms with Crippen molar-refractivity contribution in [2.75, 3.05) is 14.2 Å². The fourth-order valence-electron chi connectivity index (χ4n) is 2.46. The normalized spacial score (nSPS) is 10.7. The number of para-hydroxylation sites is 2. The first kappa shape index (κ1) is 14.7. The van der Waals surface area contributed by atoms with E-state index in [1.54, 1.807) is 24.3 Å². The molecular formula is C16H14N2O5. The van der Waals surface area contributed by atoms with E-state index in [1.165, 1.54) is 32.4 Å². The SMILES string of the molecule is COc1ccc(OC)c(-c2c(=O)n(O)c3ccccc3[n+]2[O-])c1. The Labute approximate surface area is 131 Å². The molecule has 0 saturated carbocycles. The summed E-state index contributed by atoms with van der Waals surface area (Å²) in [5.74, 6) is 0.778. The lowest BCUT2D eigenvalue weighted by atomic mass is 10.1. The summed E-state index contributed by atoms with van der Waals surface area (Å²) in [5.41, 5.74) is -0.569. The zero-order valence-electron chi connectivity index (χ0n) is 12.5. The van der Waals surface area contributed by atoms with Crippen molar-refractivity contribution in [2.24, 2.45) is 0 Å². The van der Waals surface area contributed by atoms with Gasteiger partial charge in [0.15, 0.2) is 5.52 Å². The first-order chi connectivity index (χ1) is 11.1. The molecule has 3 aromatic rings. The number of methoxy groups -OCH3 is 2. The van der Waals surface area contributed by atoms with Crippen molar-refractivity contribution in [2.45, 2.75) is 0 Å². The van der Waals surface area contributed by atoms with Crippen molar-refractivity contribution in [3.63, 3.8) is 0 Å². The Morgan fingerprint density at radius 1 is 1.13 bits per heavy atom. The average molecular weight is 314 g/mol. The van der Waals surface area contributed by atoms with E-state index in [9.17, 15) is 15.2 Å². The molecule has 23 heavy (non-hydrogen) atoms. The zero-order valence-corrected chi connectivity index (χ0v) is 12.5. The summed E-state index contributed by atoms with van der Waals surface area (Å²) in [5, 5.41) is 22.8. The van der Waals surface area contributed by atoms with Crippen LogP contribution in [0, 0.1) is 5.21 Å². The average Bonchev–Trinajstić information content (AvgIpc) is 2.60. The van der Waals surface area contributed by atoms with Crippen LogP contribution in [-0.2, 0) is 0 Å². The fourth-order valence-corrected chi connectivity index (χ4v) is 2.46. The molecule has 0 spiro atoms. The maximum Gasteiger partial charge on any atom is 0.357 e. The van der Waals surface area contributed by atoms with Gasteiger partial charge in [-0.15, -0.1) is 4.73 Å². The van der Waals surface area contributed by atoms with Crippen molar-refractivity contribution < 1.29 is 19.4 Å². The Balaban J connectivity index is 2.44. The molecule has 0 amide bonds. The molecule has 3 rings (SSSR count). The largest absolute Gasteiger partial charge is 0.618 e. The smallest absolute Gasteiger partial charge is 0.357 e. The highest BCUT2D eigenvalue weighted by Crippen LogP contribution is 2.30. The summed E-state index contributed by atoms with van der Waals surface area (Å²) < 4.78 is 11.3. The molecule has 1 heterocycles. The molecule has 0 atom stereocenters. The zero-order chi connectivity index (χ0) is 16.6. The Morgan fingerprint density at radius 3 is 2.57 bits per heavy atom. The van der Waals surface area contributed by atoms with Crippen LogP contribution in [0.1, 0.15) is 0 Å². The Morgan fingerprint density at radius 2 is 1.87 bits per heavy atom.